The maximum Gasteiger partial charge on any atom is 0.0443 e. The molecule has 2 aromatic carbocycles. The van der Waals surface area contributed by atoms with E-state index in [1.54, 1.807) is 0 Å². The molecule has 0 aliphatic carbocycles. The minimum atomic E-state index is 0.992. The Kier molecular flexibility index (Phi) is 6.69. The van der Waals surface area contributed by atoms with Gasteiger partial charge in [0, 0.05) is 17.9 Å². The monoisotopic (exact) mass is 376 g/mol. The number of hydrogen-bond acceptors (Lipinski definition) is 2. The molecule has 2 aliphatic rings. The van der Waals surface area contributed by atoms with Gasteiger partial charge in [-0.2, -0.15) is 0 Å². The van der Waals surface area contributed by atoms with Crippen LogP contribution in [-0.4, -0.2) is 31.1 Å². The molecule has 0 spiro atoms. The van der Waals surface area contributed by atoms with Crippen LogP contribution in [-0.2, 0) is 12.8 Å². The van der Waals surface area contributed by atoms with Crippen molar-refractivity contribution in [1.82, 2.24) is 4.90 Å². The number of rotatable bonds is 7. The van der Waals surface area contributed by atoms with Crippen molar-refractivity contribution in [3.05, 3.63) is 59.7 Å². The van der Waals surface area contributed by atoms with Gasteiger partial charge in [-0.15, -0.1) is 0 Å². The summed E-state index contributed by atoms with van der Waals surface area (Å²) in [6.45, 7) is 7.36. The highest BCUT2D eigenvalue weighted by Crippen LogP contribution is 2.36. The lowest BCUT2D eigenvalue weighted by molar-refractivity contribution is 0.176. The second-order valence-corrected chi connectivity index (χ2v) is 8.69. The van der Waals surface area contributed by atoms with Crippen LogP contribution in [0.5, 0.6) is 0 Å². The number of likely N-dealkylation sites (tertiary alicyclic amines) is 1. The Morgan fingerprint density at radius 3 is 1.96 bits per heavy atom. The highest BCUT2D eigenvalue weighted by atomic mass is 15.1. The van der Waals surface area contributed by atoms with E-state index in [-0.39, 0.29) is 0 Å². The first-order valence-corrected chi connectivity index (χ1v) is 11.5. The first-order valence-electron chi connectivity index (χ1n) is 11.5. The molecule has 2 aromatic rings. The molecule has 2 aliphatic heterocycles. The van der Waals surface area contributed by atoms with Crippen LogP contribution >= 0.6 is 0 Å². The highest BCUT2D eigenvalue weighted by Gasteiger charge is 2.21. The molecule has 0 bridgehead atoms. The van der Waals surface area contributed by atoms with Crippen molar-refractivity contribution in [1.29, 1.82) is 0 Å². The molecule has 0 radical (unpaired) electrons. The molecular formula is C26H36N2. The maximum atomic E-state index is 2.70. The molecule has 0 unspecified atom stereocenters. The third-order valence-corrected chi connectivity index (χ3v) is 6.74. The Labute approximate surface area is 171 Å². The van der Waals surface area contributed by atoms with Crippen LogP contribution in [0.25, 0.3) is 0 Å². The predicted molar refractivity (Wildman–Crippen MR) is 121 cm³/mol. The number of benzene rings is 2. The van der Waals surface area contributed by atoms with Crippen molar-refractivity contribution in [2.75, 3.05) is 31.1 Å². The fourth-order valence-electron chi connectivity index (χ4n) is 5.12. The van der Waals surface area contributed by atoms with Crippen LogP contribution in [0.15, 0.2) is 48.5 Å². The van der Waals surface area contributed by atoms with Crippen LogP contribution < -0.4 is 4.90 Å². The zero-order valence-electron chi connectivity index (χ0n) is 17.6. The molecular weight excluding hydrogens is 340 g/mol. The second kappa shape index (κ2) is 9.60. The van der Waals surface area contributed by atoms with Gasteiger partial charge in [0.05, 0.1) is 0 Å². The number of para-hydroxylation sites is 2. The van der Waals surface area contributed by atoms with Gasteiger partial charge in [-0.1, -0.05) is 56.2 Å². The largest absolute Gasteiger partial charge is 0.341 e. The number of hydrogen-bond donors (Lipinski definition) is 0. The Morgan fingerprint density at radius 1 is 0.786 bits per heavy atom. The molecule has 0 saturated carbocycles. The predicted octanol–water partition coefficient (Wildman–Crippen LogP) is 6.22. The van der Waals surface area contributed by atoms with E-state index in [0.29, 0.717) is 0 Å². The van der Waals surface area contributed by atoms with E-state index in [4.69, 9.17) is 0 Å². The number of aryl methyl sites for hydroxylation is 2. The Morgan fingerprint density at radius 2 is 1.36 bits per heavy atom. The average Bonchev–Trinajstić information content (AvgIpc) is 2.90. The Hall–Kier alpha value is -1.80. The summed E-state index contributed by atoms with van der Waals surface area (Å²) in [5, 5.41) is 0. The number of unbranched alkanes of at least 4 members (excludes halogenated alkanes) is 1. The minimum absolute atomic E-state index is 0.992. The number of piperidine rings is 1. The van der Waals surface area contributed by atoms with Crippen LogP contribution in [0.2, 0.25) is 0 Å². The molecule has 4 rings (SSSR count). The van der Waals surface area contributed by atoms with Gasteiger partial charge in [-0.25, -0.2) is 0 Å². The van der Waals surface area contributed by atoms with E-state index in [1.807, 2.05) is 0 Å². The van der Waals surface area contributed by atoms with Crippen molar-refractivity contribution in [3.63, 3.8) is 0 Å². The van der Waals surface area contributed by atoms with Gasteiger partial charge in [0.2, 0.25) is 0 Å². The van der Waals surface area contributed by atoms with Gasteiger partial charge in [0.1, 0.15) is 0 Å². The van der Waals surface area contributed by atoms with Crippen molar-refractivity contribution < 1.29 is 0 Å². The number of anilines is 2. The molecule has 1 fully saturated rings. The molecule has 28 heavy (non-hydrogen) atoms. The van der Waals surface area contributed by atoms with E-state index >= 15 is 0 Å². The van der Waals surface area contributed by atoms with Crippen LogP contribution in [0, 0.1) is 5.92 Å². The minimum Gasteiger partial charge on any atom is -0.341 e. The van der Waals surface area contributed by atoms with E-state index < -0.39 is 0 Å². The molecule has 0 N–H and O–H groups in total. The smallest absolute Gasteiger partial charge is 0.0443 e. The Bertz CT molecular complexity index is 698. The fraction of sp³-hybridized carbons (Fsp3) is 0.538. The third kappa shape index (κ3) is 4.60. The zero-order valence-corrected chi connectivity index (χ0v) is 17.6. The van der Waals surface area contributed by atoms with Crippen molar-refractivity contribution >= 4 is 11.4 Å². The van der Waals surface area contributed by atoms with Crippen LogP contribution in [0.3, 0.4) is 0 Å². The SMILES string of the molecule is CCCC1CCN(CCCCN2c3ccccc3CCc3ccccc32)CC1. The van der Waals surface area contributed by atoms with E-state index in [1.165, 1.54) is 80.7 Å². The summed E-state index contributed by atoms with van der Waals surface area (Å²) in [6.07, 6.45) is 10.5. The highest BCUT2D eigenvalue weighted by molar-refractivity contribution is 5.71. The summed E-state index contributed by atoms with van der Waals surface area (Å²) in [4.78, 5) is 5.29. The quantitative estimate of drug-likeness (QED) is 0.530. The lowest BCUT2D eigenvalue weighted by Crippen LogP contribution is -2.34. The summed E-state index contributed by atoms with van der Waals surface area (Å²) in [6, 6.07) is 18.0. The topological polar surface area (TPSA) is 6.48 Å². The summed E-state index contributed by atoms with van der Waals surface area (Å²) in [5.41, 5.74) is 5.84. The first kappa shape index (κ1) is 19.5. The normalized spacial score (nSPS) is 17.8. The summed E-state index contributed by atoms with van der Waals surface area (Å²) >= 11 is 0. The number of fused-ring (bicyclic) bond motifs is 2. The molecule has 2 heterocycles. The second-order valence-electron chi connectivity index (χ2n) is 8.69. The summed E-state index contributed by atoms with van der Waals surface area (Å²) < 4.78 is 0. The molecule has 0 atom stereocenters. The lowest BCUT2D eigenvalue weighted by atomic mass is 9.92. The molecule has 150 valence electrons. The maximum absolute atomic E-state index is 2.70. The van der Waals surface area contributed by atoms with Gasteiger partial charge < -0.3 is 9.80 Å². The number of nitrogens with zero attached hydrogens (tertiary/aromatic N) is 2. The van der Waals surface area contributed by atoms with Crippen molar-refractivity contribution in [2.45, 2.75) is 58.3 Å². The molecule has 2 nitrogen and oxygen atoms in total. The molecule has 2 heteroatoms. The lowest BCUT2D eigenvalue weighted by Gasteiger charge is -2.32. The van der Waals surface area contributed by atoms with Crippen LogP contribution in [0.1, 0.15) is 56.6 Å². The van der Waals surface area contributed by atoms with Gasteiger partial charge in [0.15, 0.2) is 0 Å². The first-order chi connectivity index (χ1) is 13.8. The third-order valence-electron chi connectivity index (χ3n) is 6.74. The van der Waals surface area contributed by atoms with E-state index in [2.05, 4.69) is 65.3 Å². The van der Waals surface area contributed by atoms with Crippen molar-refractivity contribution in [2.24, 2.45) is 5.92 Å². The fourth-order valence-corrected chi connectivity index (χ4v) is 5.12. The summed E-state index contributed by atoms with van der Waals surface area (Å²) in [5.74, 6) is 0.992. The van der Waals surface area contributed by atoms with Crippen LogP contribution in [0.4, 0.5) is 11.4 Å². The van der Waals surface area contributed by atoms with Gasteiger partial charge >= 0.3 is 0 Å². The molecule has 0 aromatic heterocycles. The van der Waals surface area contributed by atoms with Gasteiger partial charge in [-0.05, 0) is 87.3 Å². The van der Waals surface area contributed by atoms with E-state index in [9.17, 15) is 0 Å². The molecule has 0 amide bonds. The van der Waals surface area contributed by atoms with E-state index in [0.717, 1.165) is 25.3 Å². The van der Waals surface area contributed by atoms with Gasteiger partial charge in [0.25, 0.3) is 0 Å². The van der Waals surface area contributed by atoms with Crippen molar-refractivity contribution in [3.8, 4) is 0 Å². The Balaban J connectivity index is 1.35. The van der Waals surface area contributed by atoms with Gasteiger partial charge in [-0.3, -0.25) is 0 Å². The average molecular weight is 377 g/mol. The molecule has 1 saturated heterocycles. The zero-order chi connectivity index (χ0) is 19.2. The standard InChI is InChI=1S/C26H36N2/c1-2-9-22-16-20-27(21-17-22)18-7-8-19-28-25-12-5-3-10-23(25)14-15-24-11-4-6-13-26(24)28/h3-6,10-13,22H,2,7-9,14-21H2,1H3. The summed E-state index contributed by atoms with van der Waals surface area (Å²) in [7, 11) is 0.